The standard InChI is InChI=1S/C19H25N3O4S/c1-11(2)21(10-8-14(23)24)19(26)16-12(3)15-17(27-16)20-13-7-5-4-6-9-22(13)18(15)25/h11H,4-10H2,1-3H3,(H,23,24). The normalized spacial score (nSPS) is 14.2. The van der Waals surface area contributed by atoms with E-state index in [1.165, 1.54) is 11.3 Å². The lowest BCUT2D eigenvalue weighted by atomic mass is 10.1. The molecule has 0 unspecified atom stereocenters. The fraction of sp³-hybridized carbons (Fsp3) is 0.579. The maximum atomic E-state index is 13.1. The summed E-state index contributed by atoms with van der Waals surface area (Å²) in [6.07, 6.45) is 3.74. The first kappa shape index (κ1) is 19.5. The van der Waals surface area contributed by atoms with Gasteiger partial charge in [-0.15, -0.1) is 11.3 Å². The van der Waals surface area contributed by atoms with Crippen LogP contribution in [0.25, 0.3) is 10.2 Å². The lowest BCUT2D eigenvalue weighted by Gasteiger charge is -2.25. The van der Waals surface area contributed by atoms with Gasteiger partial charge in [-0.2, -0.15) is 0 Å². The molecule has 1 aliphatic heterocycles. The van der Waals surface area contributed by atoms with Gasteiger partial charge in [0, 0.05) is 25.6 Å². The summed E-state index contributed by atoms with van der Waals surface area (Å²) in [5.74, 6) is -0.367. The first-order valence-corrected chi connectivity index (χ1v) is 10.2. The number of aryl methyl sites for hydroxylation is 2. The quantitative estimate of drug-likeness (QED) is 0.846. The Balaban J connectivity index is 2.06. The van der Waals surface area contributed by atoms with E-state index in [0.717, 1.165) is 31.5 Å². The number of aromatic nitrogens is 2. The highest BCUT2D eigenvalue weighted by atomic mass is 32.1. The Bertz CT molecular complexity index is 945. The molecule has 0 radical (unpaired) electrons. The van der Waals surface area contributed by atoms with Gasteiger partial charge in [0.1, 0.15) is 10.7 Å². The second-order valence-electron chi connectivity index (χ2n) is 7.27. The number of fused-ring (bicyclic) bond motifs is 2. The molecule has 0 spiro atoms. The largest absolute Gasteiger partial charge is 0.481 e. The minimum absolute atomic E-state index is 0.0636. The maximum absolute atomic E-state index is 13.1. The maximum Gasteiger partial charge on any atom is 0.305 e. The third-order valence-corrected chi connectivity index (χ3v) is 6.23. The molecule has 27 heavy (non-hydrogen) atoms. The van der Waals surface area contributed by atoms with Gasteiger partial charge in [0.2, 0.25) is 0 Å². The third-order valence-electron chi connectivity index (χ3n) is 5.06. The number of rotatable bonds is 5. The molecule has 0 aromatic carbocycles. The van der Waals surface area contributed by atoms with Crippen LogP contribution in [0.2, 0.25) is 0 Å². The molecular weight excluding hydrogens is 366 g/mol. The van der Waals surface area contributed by atoms with Crippen molar-refractivity contribution in [1.29, 1.82) is 0 Å². The number of hydrogen-bond acceptors (Lipinski definition) is 5. The van der Waals surface area contributed by atoms with Crippen molar-refractivity contribution in [2.45, 2.75) is 65.5 Å². The van der Waals surface area contributed by atoms with Crippen molar-refractivity contribution >= 4 is 33.4 Å². The van der Waals surface area contributed by atoms with Crippen LogP contribution in [0.15, 0.2) is 4.79 Å². The van der Waals surface area contributed by atoms with E-state index in [4.69, 9.17) is 10.1 Å². The average Bonchev–Trinajstić information content (AvgIpc) is 2.77. The Kier molecular flexibility index (Phi) is 5.64. The monoisotopic (exact) mass is 391 g/mol. The van der Waals surface area contributed by atoms with Crippen LogP contribution in [0.4, 0.5) is 0 Å². The van der Waals surface area contributed by atoms with E-state index in [9.17, 15) is 14.4 Å². The second-order valence-corrected chi connectivity index (χ2v) is 8.27. The Hall–Kier alpha value is -2.22. The number of amides is 1. The van der Waals surface area contributed by atoms with Crippen LogP contribution >= 0.6 is 11.3 Å². The molecule has 0 aliphatic carbocycles. The van der Waals surface area contributed by atoms with Crippen LogP contribution in [0.3, 0.4) is 0 Å². The minimum Gasteiger partial charge on any atom is -0.481 e. The molecule has 1 aliphatic rings. The van der Waals surface area contributed by atoms with Gasteiger partial charge in [-0.3, -0.25) is 19.0 Å². The zero-order valence-corrected chi connectivity index (χ0v) is 16.8. The van der Waals surface area contributed by atoms with Crippen LogP contribution in [0.1, 0.15) is 60.6 Å². The van der Waals surface area contributed by atoms with Gasteiger partial charge in [0.15, 0.2) is 0 Å². The molecule has 8 heteroatoms. The van der Waals surface area contributed by atoms with Crippen molar-refractivity contribution in [3.8, 4) is 0 Å². The first-order chi connectivity index (χ1) is 12.8. The summed E-state index contributed by atoms with van der Waals surface area (Å²) in [6.45, 7) is 6.32. The second kappa shape index (κ2) is 7.80. The van der Waals surface area contributed by atoms with E-state index < -0.39 is 5.97 Å². The molecule has 1 N–H and O–H groups in total. The van der Waals surface area contributed by atoms with E-state index in [1.807, 2.05) is 13.8 Å². The Morgan fingerprint density at radius 3 is 2.70 bits per heavy atom. The number of carbonyl (C=O) groups excluding carboxylic acids is 1. The zero-order valence-electron chi connectivity index (χ0n) is 15.9. The van der Waals surface area contributed by atoms with Crippen LogP contribution in [-0.4, -0.2) is 44.0 Å². The molecule has 3 rings (SSSR count). The van der Waals surface area contributed by atoms with E-state index in [0.29, 0.717) is 27.2 Å². The third kappa shape index (κ3) is 3.76. The van der Waals surface area contributed by atoms with Crippen LogP contribution in [0, 0.1) is 6.92 Å². The number of carboxylic acid groups (broad SMARTS) is 1. The highest BCUT2D eigenvalue weighted by Crippen LogP contribution is 2.30. The predicted octanol–water partition coefficient (Wildman–Crippen LogP) is 2.82. The Morgan fingerprint density at radius 2 is 2.04 bits per heavy atom. The molecule has 3 heterocycles. The number of carbonyl (C=O) groups is 2. The fourth-order valence-electron chi connectivity index (χ4n) is 3.55. The molecular formula is C19H25N3O4S. The molecule has 0 saturated heterocycles. The van der Waals surface area contributed by atoms with Gasteiger partial charge in [-0.1, -0.05) is 6.42 Å². The SMILES string of the molecule is Cc1c(C(=O)N(CCC(=O)O)C(C)C)sc2nc3n(c(=O)c12)CCCCC3. The van der Waals surface area contributed by atoms with Crippen molar-refractivity contribution in [3.05, 3.63) is 26.6 Å². The first-order valence-electron chi connectivity index (χ1n) is 9.36. The highest BCUT2D eigenvalue weighted by Gasteiger charge is 2.26. The molecule has 0 saturated carbocycles. The minimum atomic E-state index is -0.940. The van der Waals surface area contributed by atoms with Gasteiger partial charge in [-0.25, -0.2) is 4.98 Å². The summed E-state index contributed by atoms with van der Waals surface area (Å²) >= 11 is 1.24. The molecule has 146 valence electrons. The lowest BCUT2D eigenvalue weighted by molar-refractivity contribution is -0.137. The number of aliphatic carboxylic acids is 1. The van der Waals surface area contributed by atoms with Crippen LogP contribution in [-0.2, 0) is 17.8 Å². The fourth-order valence-corrected chi connectivity index (χ4v) is 4.70. The van der Waals surface area contributed by atoms with Gasteiger partial charge >= 0.3 is 5.97 Å². The van der Waals surface area contributed by atoms with E-state index in [-0.39, 0.29) is 30.5 Å². The smallest absolute Gasteiger partial charge is 0.305 e. The summed E-state index contributed by atoms with van der Waals surface area (Å²) in [6, 6.07) is -0.132. The van der Waals surface area contributed by atoms with Crippen molar-refractivity contribution in [2.75, 3.05) is 6.54 Å². The summed E-state index contributed by atoms with van der Waals surface area (Å²) in [5.41, 5.74) is 0.587. The molecule has 2 aromatic rings. The summed E-state index contributed by atoms with van der Waals surface area (Å²) < 4.78 is 1.76. The number of carboxylic acids is 1. The van der Waals surface area contributed by atoms with Crippen molar-refractivity contribution in [2.24, 2.45) is 0 Å². The molecule has 0 atom stereocenters. The molecule has 1 amide bonds. The molecule has 0 fully saturated rings. The van der Waals surface area contributed by atoms with Gasteiger partial charge in [0.25, 0.3) is 11.5 Å². The Labute approximate surface area is 161 Å². The van der Waals surface area contributed by atoms with Crippen molar-refractivity contribution < 1.29 is 14.7 Å². The van der Waals surface area contributed by atoms with Crippen LogP contribution < -0.4 is 5.56 Å². The van der Waals surface area contributed by atoms with Crippen molar-refractivity contribution in [3.63, 3.8) is 0 Å². The van der Waals surface area contributed by atoms with E-state index in [2.05, 4.69) is 0 Å². The Morgan fingerprint density at radius 1 is 1.30 bits per heavy atom. The van der Waals surface area contributed by atoms with Crippen LogP contribution in [0.5, 0.6) is 0 Å². The van der Waals surface area contributed by atoms with E-state index in [1.54, 1.807) is 16.4 Å². The highest BCUT2D eigenvalue weighted by molar-refractivity contribution is 7.20. The van der Waals surface area contributed by atoms with Gasteiger partial charge in [-0.05, 0) is 39.2 Å². The summed E-state index contributed by atoms with van der Waals surface area (Å²) in [4.78, 5) is 44.4. The molecule has 7 nitrogen and oxygen atoms in total. The van der Waals surface area contributed by atoms with E-state index >= 15 is 0 Å². The summed E-state index contributed by atoms with van der Waals surface area (Å²) in [5, 5.41) is 9.48. The molecule has 2 aromatic heterocycles. The zero-order chi connectivity index (χ0) is 19.7. The number of thiophene rings is 1. The molecule has 0 bridgehead atoms. The lowest BCUT2D eigenvalue weighted by Crippen LogP contribution is -2.38. The number of hydrogen-bond donors (Lipinski definition) is 1. The average molecular weight is 391 g/mol. The number of nitrogens with zero attached hydrogens (tertiary/aromatic N) is 3. The van der Waals surface area contributed by atoms with Gasteiger partial charge < -0.3 is 10.0 Å². The summed E-state index contributed by atoms with van der Waals surface area (Å²) in [7, 11) is 0. The van der Waals surface area contributed by atoms with Gasteiger partial charge in [0.05, 0.1) is 16.7 Å². The van der Waals surface area contributed by atoms with Crippen molar-refractivity contribution in [1.82, 2.24) is 14.5 Å². The predicted molar refractivity (Wildman–Crippen MR) is 105 cm³/mol. The topological polar surface area (TPSA) is 92.5 Å².